The summed E-state index contributed by atoms with van der Waals surface area (Å²) in [6.07, 6.45) is 0. The molecule has 0 aliphatic carbocycles. The lowest BCUT2D eigenvalue weighted by molar-refractivity contribution is 0.270. The zero-order chi connectivity index (χ0) is 14.5. The van der Waals surface area contributed by atoms with Gasteiger partial charge >= 0.3 is 0 Å². The molecule has 2 N–H and O–H groups in total. The van der Waals surface area contributed by atoms with Crippen LogP contribution in [-0.4, -0.2) is 11.4 Å². The van der Waals surface area contributed by atoms with E-state index in [4.69, 9.17) is 5.73 Å². The number of hydrogen-bond donors (Lipinski definition) is 1. The van der Waals surface area contributed by atoms with Crippen molar-refractivity contribution in [1.82, 2.24) is 4.90 Å². The fourth-order valence-electron chi connectivity index (χ4n) is 2.19. The number of nitrogen functional groups attached to an aromatic ring is 1. The Balaban J connectivity index is 2.09. The van der Waals surface area contributed by atoms with Gasteiger partial charge in [-0.2, -0.15) is 0 Å². The molecule has 0 saturated carbocycles. The highest BCUT2D eigenvalue weighted by atomic mass is 19.1. The van der Waals surface area contributed by atoms with Gasteiger partial charge in [0, 0.05) is 24.8 Å². The van der Waals surface area contributed by atoms with Crippen LogP contribution in [-0.2, 0) is 13.1 Å². The van der Waals surface area contributed by atoms with E-state index >= 15 is 0 Å². The van der Waals surface area contributed by atoms with E-state index in [0.29, 0.717) is 18.7 Å². The first-order valence-electron chi connectivity index (χ1n) is 6.58. The Kier molecular flexibility index (Phi) is 4.69. The lowest BCUT2D eigenvalue weighted by atomic mass is 10.1. The number of nitrogens with zero attached hydrogens (tertiary/aromatic N) is 1. The van der Waals surface area contributed by atoms with E-state index in [9.17, 15) is 8.78 Å². The van der Waals surface area contributed by atoms with Crippen molar-refractivity contribution < 1.29 is 8.78 Å². The third kappa shape index (κ3) is 4.03. The van der Waals surface area contributed by atoms with Crippen LogP contribution in [0.4, 0.5) is 14.5 Å². The third-order valence-corrected chi connectivity index (χ3v) is 3.13. The maximum absolute atomic E-state index is 13.2. The second-order valence-corrected chi connectivity index (χ2v) is 4.83. The molecule has 0 fully saturated rings. The molecule has 2 nitrogen and oxygen atoms in total. The molecule has 4 heteroatoms. The van der Waals surface area contributed by atoms with Gasteiger partial charge in [-0.25, -0.2) is 8.78 Å². The van der Waals surface area contributed by atoms with Crippen LogP contribution >= 0.6 is 0 Å². The molecule has 0 heterocycles. The Labute approximate surface area is 117 Å². The molecule has 0 unspecified atom stereocenters. The summed E-state index contributed by atoms with van der Waals surface area (Å²) in [5, 5.41) is 0. The van der Waals surface area contributed by atoms with Crippen LogP contribution in [0.1, 0.15) is 18.1 Å². The third-order valence-electron chi connectivity index (χ3n) is 3.13. The minimum absolute atomic E-state index is 0.500. The molecule has 0 aromatic heterocycles. The van der Waals surface area contributed by atoms with E-state index in [1.165, 1.54) is 12.1 Å². The average Bonchev–Trinajstić information content (AvgIpc) is 2.36. The Morgan fingerprint density at radius 2 is 1.60 bits per heavy atom. The summed E-state index contributed by atoms with van der Waals surface area (Å²) >= 11 is 0. The molecule has 0 amide bonds. The van der Waals surface area contributed by atoms with Crippen LogP contribution in [0.15, 0.2) is 42.5 Å². The van der Waals surface area contributed by atoms with E-state index < -0.39 is 11.6 Å². The summed E-state index contributed by atoms with van der Waals surface area (Å²) in [5.74, 6) is -1.08. The van der Waals surface area contributed by atoms with Crippen LogP contribution in [0.2, 0.25) is 0 Å². The van der Waals surface area contributed by atoms with Gasteiger partial charge in [0.15, 0.2) is 0 Å². The van der Waals surface area contributed by atoms with E-state index in [1.807, 2.05) is 31.2 Å². The summed E-state index contributed by atoms with van der Waals surface area (Å²) in [4.78, 5) is 2.10. The average molecular weight is 276 g/mol. The van der Waals surface area contributed by atoms with E-state index in [2.05, 4.69) is 4.90 Å². The van der Waals surface area contributed by atoms with Gasteiger partial charge in [0.2, 0.25) is 0 Å². The first kappa shape index (κ1) is 14.5. The maximum Gasteiger partial charge on any atom is 0.126 e. The van der Waals surface area contributed by atoms with Crippen LogP contribution in [0.5, 0.6) is 0 Å². The topological polar surface area (TPSA) is 29.3 Å². The fourth-order valence-corrected chi connectivity index (χ4v) is 2.19. The Hall–Kier alpha value is -1.94. The molecule has 20 heavy (non-hydrogen) atoms. The van der Waals surface area contributed by atoms with Gasteiger partial charge in [0.05, 0.1) is 0 Å². The Morgan fingerprint density at radius 3 is 2.20 bits per heavy atom. The number of benzene rings is 2. The quantitative estimate of drug-likeness (QED) is 0.846. The highest BCUT2D eigenvalue weighted by molar-refractivity contribution is 5.40. The second-order valence-electron chi connectivity index (χ2n) is 4.83. The SMILES string of the molecule is CCN(Cc1cccc(N)c1)Cc1cc(F)cc(F)c1. The molecular weight excluding hydrogens is 258 g/mol. The van der Waals surface area contributed by atoms with Crippen LogP contribution < -0.4 is 5.73 Å². The van der Waals surface area contributed by atoms with Crippen molar-refractivity contribution in [2.24, 2.45) is 0 Å². The molecule has 0 radical (unpaired) electrons. The van der Waals surface area contributed by atoms with Gasteiger partial charge in [0.25, 0.3) is 0 Å². The molecule has 0 spiro atoms. The Bertz CT molecular complexity index is 564. The monoisotopic (exact) mass is 276 g/mol. The summed E-state index contributed by atoms with van der Waals surface area (Å²) in [6.45, 7) is 3.99. The van der Waals surface area contributed by atoms with E-state index in [0.717, 1.165) is 23.9 Å². The minimum Gasteiger partial charge on any atom is -0.399 e. The number of rotatable bonds is 5. The molecule has 0 atom stereocenters. The van der Waals surface area contributed by atoms with Crippen molar-refractivity contribution in [2.75, 3.05) is 12.3 Å². The van der Waals surface area contributed by atoms with Gasteiger partial charge in [-0.1, -0.05) is 19.1 Å². The van der Waals surface area contributed by atoms with Crippen LogP contribution in [0.3, 0.4) is 0 Å². The Morgan fingerprint density at radius 1 is 0.950 bits per heavy atom. The number of nitrogens with two attached hydrogens (primary N) is 1. The van der Waals surface area contributed by atoms with Crippen molar-refractivity contribution in [3.63, 3.8) is 0 Å². The fraction of sp³-hybridized carbons (Fsp3) is 0.250. The zero-order valence-electron chi connectivity index (χ0n) is 11.4. The van der Waals surface area contributed by atoms with Gasteiger partial charge < -0.3 is 5.73 Å². The standard InChI is InChI=1S/C16H18F2N2/c1-2-20(10-12-4-3-5-16(19)8-12)11-13-6-14(17)9-15(18)7-13/h3-9H,2,10-11,19H2,1H3. The highest BCUT2D eigenvalue weighted by Gasteiger charge is 2.07. The van der Waals surface area contributed by atoms with Gasteiger partial charge in [-0.15, -0.1) is 0 Å². The predicted octanol–water partition coefficient (Wildman–Crippen LogP) is 3.57. The summed E-state index contributed by atoms with van der Waals surface area (Å²) in [5.41, 5.74) is 8.19. The van der Waals surface area contributed by atoms with Crippen molar-refractivity contribution in [1.29, 1.82) is 0 Å². The predicted molar refractivity (Wildman–Crippen MR) is 77.0 cm³/mol. The van der Waals surface area contributed by atoms with E-state index in [1.54, 1.807) is 0 Å². The first-order valence-corrected chi connectivity index (χ1v) is 6.58. The van der Waals surface area contributed by atoms with Gasteiger partial charge in [-0.3, -0.25) is 4.90 Å². The van der Waals surface area contributed by atoms with Crippen molar-refractivity contribution in [3.8, 4) is 0 Å². The molecule has 2 aromatic carbocycles. The van der Waals surface area contributed by atoms with Crippen molar-refractivity contribution in [3.05, 3.63) is 65.2 Å². The molecule has 2 aromatic rings. The zero-order valence-corrected chi connectivity index (χ0v) is 11.4. The normalized spacial score (nSPS) is 11.0. The summed E-state index contributed by atoms with van der Waals surface area (Å²) < 4.78 is 26.4. The van der Waals surface area contributed by atoms with Crippen LogP contribution in [0.25, 0.3) is 0 Å². The molecule has 0 saturated heterocycles. The lowest BCUT2D eigenvalue weighted by Gasteiger charge is -2.21. The van der Waals surface area contributed by atoms with Gasteiger partial charge in [0.1, 0.15) is 11.6 Å². The molecule has 0 bridgehead atoms. The molecule has 106 valence electrons. The van der Waals surface area contributed by atoms with Crippen molar-refractivity contribution in [2.45, 2.75) is 20.0 Å². The second kappa shape index (κ2) is 6.48. The maximum atomic E-state index is 13.2. The molecule has 0 aliphatic rings. The minimum atomic E-state index is -0.542. The lowest BCUT2D eigenvalue weighted by Crippen LogP contribution is -2.22. The largest absolute Gasteiger partial charge is 0.399 e. The number of halogens is 2. The molecule has 0 aliphatic heterocycles. The molecule has 2 rings (SSSR count). The highest BCUT2D eigenvalue weighted by Crippen LogP contribution is 2.14. The van der Waals surface area contributed by atoms with E-state index in [-0.39, 0.29) is 0 Å². The van der Waals surface area contributed by atoms with Crippen molar-refractivity contribution >= 4 is 5.69 Å². The number of hydrogen-bond acceptors (Lipinski definition) is 2. The summed E-state index contributed by atoms with van der Waals surface area (Å²) in [7, 11) is 0. The summed E-state index contributed by atoms with van der Waals surface area (Å²) in [6, 6.07) is 11.3. The van der Waals surface area contributed by atoms with Crippen LogP contribution in [0, 0.1) is 11.6 Å². The van der Waals surface area contributed by atoms with Gasteiger partial charge in [-0.05, 0) is 41.9 Å². The molecular formula is C16H18F2N2. The first-order chi connectivity index (χ1) is 9.56. The number of anilines is 1. The smallest absolute Gasteiger partial charge is 0.126 e.